The molecule has 2 unspecified atom stereocenters. The van der Waals surface area contributed by atoms with Crippen LogP contribution in [-0.4, -0.2) is 37.7 Å². The molecule has 1 heterocycles. The van der Waals surface area contributed by atoms with Crippen molar-refractivity contribution in [3.63, 3.8) is 0 Å². The van der Waals surface area contributed by atoms with Gasteiger partial charge in [0.2, 0.25) is 0 Å². The predicted molar refractivity (Wildman–Crippen MR) is 82.1 cm³/mol. The summed E-state index contributed by atoms with van der Waals surface area (Å²) in [6.45, 7) is 6.75. The Kier molecular flexibility index (Phi) is 7.41. The first-order chi connectivity index (χ1) is 8.65. The largest absolute Gasteiger partial charge is 0.383 e. The molecule has 1 aromatic heterocycles. The number of ether oxygens (including phenoxy) is 1. The van der Waals surface area contributed by atoms with Gasteiger partial charge in [-0.3, -0.25) is 4.90 Å². The Hall–Kier alpha value is 0.0600. The predicted octanol–water partition coefficient (Wildman–Crippen LogP) is 3.26. The number of thiophene rings is 1. The molecule has 0 saturated heterocycles. The highest BCUT2D eigenvalue weighted by Gasteiger charge is 2.25. The zero-order chi connectivity index (χ0) is 13.5. The Balaban J connectivity index is 2.89. The lowest BCUT2D eigenvalue weighted by molar-refractivity contribution is 0.0913. The number of halogens is 1. The van der Waals surface area contributed by atoms with Crippen LogP contribution in [0.4, 0.5) is 0 Å². The molecule has 0 bridgehead atoms. The van der Waals surface area contributed by atoms with Crippen molar-refractivity contribution in [3.05, 3.63) is 20.8 Å². The van der Waals surface area contributed by atoms with Crippen LogP contribution in [0.5, 0.6) is 0 Å². The lowest BCUT2D eigenvalue weighted by atomic mass is 10.1. The Bertz CT molecular complexity index is 345. The summed E-state index contributed by atoms with van der Waals surface area (Å²) in [5, 5.41) is 2.10. The van der Waals surface area contributed by atoms with E-state index >= 15 is 0 Å². The van der Waals surface area contributed by atoms with E-state index in [9.17, 15) is 0 Å². The maximum atomic E-state index is 6.00. The molecule has 3 nitrogen and oxygen atoms in total. The summed E-state index contributed by atoms with van der Waals surface area (Å²) in [6, 6.07) is 2.86. The van der Waals surface area contributed by atoms with Crippen LogP contribution in [0.1, 0.15) is 31.2 Å². The fraction of sp³-hybridized carbons (Fsp3) is 0.692. The van der Waals surface area contributed by atoms with Crippen molar-refractivity contribution in [1.29, 1.82) is 0 Å². The molecule has 2 atom stereocenters. The van der Waals surface area contributed by atoms with Crippen molar-refractivity contribution in [2.24, 2.45) is 5.73 Å². The van der Waals surface area contributed by atoms with E-state index in [0.717, 1.165) is 24.0 Å². The van der Waals surface area contributed by atoms with E-state index in [4.69, 9.17) is 10.5 Å². The van der Waals surface area contributed by atoms with E-state index in [1.165, 1.54) is 4.88 Å². The fourth-order valence-corrected chi connectivity index (χ4v) is 3.82. The van der Waals surface area contributed by atoms with Gasteiger partial charge in [0.15, 0.2) is 0 Å². The van der Waals surface area contributed by atoms with Crippen molar-refractivity contribution >= 4 is 27.3 Å². The Morgan fingerprint density at radius 1 is 1.56 bits per heavy atom. The molecule has 0 aliphatic heterocycles. The monoisotopic (exact) mass is 334 g/mol. The smallest absolute Gasteiger partial charge is 0.0590 e. The van der Waals surface area contributed by atoms with Crippen molar-refractivity contribution < 1.29 is 4.74 Å². The minimum atomic E-state index is 0.268. The highest BCUT2D eigenvalue weighted by atomic mass is 79.9. The number of methoxy groups -OCH3 is 1. The van der Waals surface area contributed by atoms with E-state index < -0.39 is 0 Å². The van der Waals surface area contributed by atoms with E-state index in [1.807, 2.05) is 0 Å². The van der Waals surface area contributed by atoms with Crippen LogP contribution in [0, 0.1) is 0 Å². The highest BCUT2D eigenvalue weighted by Crippen LogP contribution is 2.33. The van der Waals surface area contributed by atoms with Crippen molar-refractivity contribution in [2.45, 2.75) is 32.4 Å². The molecule has 0 radical (unpaired) electrons. The molecule has 0 fully saturated rings. The molecule has 0 aromatic carbocycles. The van der Waals surface area contributed by atoms with Gasteiger partial charge in [0, 0.05) is 35.6 Å². The standard InChI is InChI=1S/C13H23BrN2OS/c1-4-10(2)16(6-7-17-3)12(9-15)13-11(14)5-8-18-13/h5,8,10,12H,4,6-7,9,15H2,1-3H3. The molecule has 104 valence electrons. The van der Waals surface area contributed by atoms with Gasteiger partial charge in [-0.15, -0.1) is 11.3 Å². The fourth-order valence-electron chi connectivity index (χ4n) is 2.05. The van der Waals surface area contributed by atoms with Gasteiger partial charge in [0.1, 0.15) is 0 Å². The Morgan fingerprint density at radius 2 is 2.28 bits per heavy atom. The van der Waals surface area contributed by atoms with E-state index in [2.05, 4.69) is 46.1 Å². The van der Waals surface area contributed by atoms with Crippen LogP contribution in [0.15, 0.2) is 15.9 Å². The molecule has 1 aromatic rings. The van der Waals surface area contributed by atoms with Gasteiger partial charge in [-0.05, 0) is 40.7 Å². The maximum absolute atomic E-state index is 6.00. The normalized spacial score (nSPS) is 15.0. The second-order valence-corrected chi connectivity index (χ2v) is 6.17. The van der Waals surface area contributed by atoms with E-state index in [0.29, 0.717) is 12.6 Å². The zero-order valence-corrected chi connectivity index (χ0v) is 13.8. The van der Waals surface area contributed by atoms with Crippen LogP contribution in [-0.2, 0) is 4.74 Å². The van der Waals surface area contributed by atoms with Crippen molar-refractivity contribution in [3.8, 4) is 0 Å². The summed E-state index contributed by atoms with van der Waals surface area (Å²) in [7, 11) is 1.74. The molecule has 0 spiro atoms. The van der Waals surface area contributed by atoms with Crippen LogP contribution in [0.3, 0.4) is 0 Å². The van der Waals surface area contributed by atoms with Gasteiger partial charge < -0.3 is 10.5 Å². The van der Waals surface area contributed by atoms with Gasteiger partial charge in [-0.1, -0.05) is 6.92 Å². The third-order valence-electron chi connectivity index (χ3n) is 3.28. The lowest BCUT2D eigenvalue weighted by Gasteiger charge is -2.35. The summed E-state index contributed by atoms with van der Waals surface area (Å²) in [5.74, 6) is 0. The van der Waals surface area contributed by atoms with E-state index in [1.54, 1.807) is 18.4 Å². The molecule has 0 aliphatic carbocycles. The van der Waals surface area contributed by atoms with Gasteiger partial charge in [0.05, 0.1) is 12.6 Å². The molecule has 5 heteroatoms. The van der Waals surface area contributed by atoms with Crippen LogP contribution in [0.25, 0.3) is 0 Å². The van der Waals surface area contributed by atoms with Crippen LogP contribution < -0.4 is 5.73 Å². The zero-order valence-electron chi connectivity index (χ0n) is 11.4. The molecule has 0 aliphatic rings. The molecule has 0 amide bonds. The summed E-state index contributed by atoms with van der Waals surface area (Å²) < 4.78 is 6.38. The Morgan fingerprint density at radius 3 is 2.72 bits per heavy atom. The maximum Gasteiger partial charge on any atom is 0.0590 e. The second kappa shape index (κ2) is 8.27. The summed E-state index contributed by atoms with van der Waals surface area (Å²) in [4.78, 5) is 3.76. The molecular weight excluding hydrogens is 312 g/mol. The topological polar surface area (TPSA) is 38.5 Å². The lowest BCUT2D eigenvalue weighted by Crippen LogP contribution is -2.41. The summed E-state index contributed by atoms with van der Waals surface area (Å²) in [6.07, 6.45) is 1.11. The third-order valence-corrected chi connectivity index (χ3v) is 5.25. The minimum absolute atomic E-state index is 0.268. The average Bonchev–Trinajstić information content (AvgIpc) is 2.80. The SMILES string of the molecule is CCC(C)N(CCOC)C(CN)c1sccc1Br. The first-order valence-corrected chi connectivity index (χ1v) is 8.00. The number of nitrogens with two attached hydrogens (primary N) is 1. The second-order valence-electron chi connectivity index (χ2n) is 4.37. The van der Waals surface area contributed by atoms with Gasteiger partial charge in [-0.2, -0.15) is 0 Å². The first kappa shape index (κ1) is 16.1. The average molecular weight is 335 g/mol. The number of nitrogens with zero attached hydrogens (tertiary/aromatic N) is 1. The molecule has 18 heavy (non-hydrogen) atoms. The highest BCUT2D eigenvalue weighted by molar-refractivity contribution is 9.10. The molecule has 2 N–H and O–H groups in total. The van der Waals surface area contributed by atoms with Crippen LogP contribution in [0.2, 0.25) is 0 Å². The number of rotatable bonds is 8. The van der Waals surface area contributed by atoms with E-state index in [-0.39, 0.29) is 6.04 Å². The third kappa shape index (κ3) is 4.03. The molecule has 1 rings (SSSR count). The Labute approximate surface area is 122 Å². The number of hydrogen-bond donors (Lipinski definition) is 1. The van der Waals surface area contributed by atoms with Crippen LogP contribution >= 0.6 is 27.3 Å². The first-order valence-electron chi connectivity index (χ1n) is 6.33. The number of hydrogen-bond acceptors (Lipinski definition) is 4. The van der Waals surface area contributed by atoms with Gasteiger partial charge >= 0.3 is 0 Å². The quantitative estimate of drug-likeness (QED) is 0.792. The summed E-state index contributed by atoms with van der Waals surface area (Å²) in [5.41, 5.74) is 6.00. The van der Waals surface area contributed by atoms with Gasteiger partial charge in [0.25, 0.3) is 0 Å². The summed E-state index contributed by atoms with van der Waals surface area (Å²) >= 11 is 5.37. The molecular formula is C13H23BrN2OS. The van der Waals surface area contributed by atoms with Crippen molar-refractivity contribution in [2.75, 3.05) is 26.8 Å². The van der Waals surface area contributed by atoms with Gasteiger partial charge in [-0.25, -0.2) is 0 Å². The van der Waals surface area contributed by atoms with Crippen molar-refractivity contribution in [1.82, 2.24) is 4.90 Å². The molecule has 0 saturated carbocycles. The minimum Gasteiger partial charge on any atom is -0.383 e.